The van der Waals surface area contributed by atoms with E-state index in [4.69, 9.17) is 5.73 Å². The first-order valence-corrected chi connectivity index (χ1v) is 7.97. The first-order chi connectivity index (χ1) is 11.2. The highest BCUT2D eigenvalue weighted by Gasteiger charge is 2.08. The third-order valence-corrected chi connectivity index (χ3v) is 4.54. The van der Waals surface area contributed by atoms with Crippen molar-refractivity contribution in [2.75, 3.05) is 5.73 Å². The molecular formula is C22H19N. The minimum atomic E-state index is 0.859. The molecule has 0 bridgehead atoms. The fraction of sp³-hybridized carbons (Fsp3) is 0.0909. The van der Waals surface area contributed by atoms with Crippen LogP contribution in [0.4, 0.5) is 5.69 Å². The average Bonchev–Trinajstić information content (AvgIpc) is 2.57. The molecule has 2 N–H and O–H groups in total. The summed E-state index contributed by atoms with van der Waals surface area (Å²) in [6.45, 7) is 2.07. The number of rotatable bonds is 2. The molecule has 0 aromatic heterocycles. The van der Waals surface area contributed by atoms with E-state index in [1.807, 2.05) is 0 Å². The number of hydrogen-bond acceptors (Lipinski definition) is 1. The predicted molar refractivity (Wildman–Crippen MR) is 99.9 cm³/mol. The van der Waals surface area contributed by atoms with Crippen molar-refractivity contribution in [3.63, 3.8) is 0 Å². The Kier molecular flexibility index (Phi) is 3.27. The second-order valence-corrected chi connectivity index (χ2v) is 6.18. The lowest BCUT2D eigenvalue weighted by Gasteiger charge is -2.12. The van der Waals surface area contributed by atoms with Gasteiger partial charge in [0.1, 0.15) is 0 Å². The molecule has 0 radical (unpaired) electrons. The Morgan fingerprint density at radius 3 is 2.17 bits per heavy atom. The fourth-order valence-corrected chi connectivity index (χ4v) is 3.36. The molecule has 23 heavy (non-hydrogen) atoms. The maximum Gasteiger partial charge on any atom is 0.0352 e. The van der Waals surface area contributed by atoms with E-state index < -0.39 is 0 Å². The molecule has 112 valence electrons. The summed E-state index contributed by atoms with van der Waals surface area (Å²) in [6, 6.07) is 25.9. The van der Waals surface area contributed by atoms with Gasteiger partial charge in [-0.15, -0.1) is 0 Å². The Bertz CT molecular complexity index is 1010. The molecule has 0 amide bonds. The van der Waals surface area contributed by atoms with E-state index in [-0.39, 0.29) is 0 Å². The zero-order valence-electron chi connectivity index (χ0n) is 13.2. The first-order valence-electron chi connectivity index (χ1n) is 7.97. The van der Waals surface area contributed by atoms with Crippen LogP contribution in [-0.4, -0.2) is 0 Å². The van der Waals surface area contributed by atoms with E-state index in [9.17, 15) is 0 Å². The molecule has 0 atom stereocenters. The summed E-state index contributed by atoms with van der Waals surface area (Å²) in [5.74, 6) is 0. The van der Waals surface area contributed by atoms with Gasteiger partial charge in [0.05, 0.1) is 0 Å². The number of nitrogen functional groups attached to an aromatic ring is 1. The SMILES string of the molecule is Cc1ccc(Cc2cc3ccccc3c3ccccc23)c(N)c1. The Morgan fingerprint density at radius 1 is 0.696 bits per heavy atom. The van der Waals surface area contributed by atoms with E-state index in [1.165, 1.54) is 38.2 Å². The molecule has 0 aliphatic carbocycles. The topological polar surface area (TPSA) is 26.0 Å². The Morgan fingerprint density at radius 2 is 1.39 bits per heavy atom. The van der Waals surface area contributed by atoms with E-state index in [2.05, 4.69) is 79.7 Å². The van der Waals surface area contributed by atoms with Crippen LogP contribution in [0.25, 0.3) is 21.5 Å². The van der Waals surface area contributed by atoms with Gasteiger partial charge in [-0.1, -0.05) is 66.7 Å². The second-order valence-electron chi connectivity index (χ2n) is 6.18. The van der Waals surface area contributed by atoms with Gasteiger partial charge in [0.2, 0.25) is 0 Å². The van der Waals surface area contributed by atoms with Crippen LogP contribution in [0.3, 0.4) is 0 Å². The molecule has 0 saturated heterocycles. The highest BCUT2D eigenvalue weighted by molar-refractivity contribution is 6.09. The summed E-state index contributed by atoms with van der Waals surface area (Å²) >= 11 is 0. The molecule has 1 nitrogen and oxygen atoms in total. The number of aryl methyl sites for hydroxylation is 1. The molecule has 0 aliphatic heterocycles. The predicted octanol–water partition coefficient (Wildman–Crippen LogP) is 5.47. The summed E-state index contributed by atoms with van der Waals surface area (Å²) in [5.41, 5.74) is 10.8. The van der Waals surface area contributed by atoms with Crippen LogP contribution in [0.1, 0.15) is 16.7 Å². The summed E-state index contributed by atoms with van der Waals surface area (Å²) in [6.07, 6.45) is 0.859. The third kappa shape index (κ3) is 2.44. The van der Waals surface area contributed by atoms with Gasteiger partial charge in [0, 0.05) is 12.1 Å². The van der Waals surface area contributed by atoms with Crippen LogP contribution >= 0.6 is 0 Å². The average molecular weight is 297 g/mol. The van der Waals surface area contributed by atoms with Gasteiger partial charge in [0.15, 0.2) is 0 Å². The summed E-state index contributed by atoms with van der Waals surface area (Å²) < 4.78 is 0. The van der Waals surface area contributed by atoms with Crippen molar-refractivity contribution in [3.05, 3.63) is 89.5 Å². The van der Waals surface area contributed by atoms with Crippen LogP contribution in [0, 0.1) is 6.92 Å². The smallest absolute Gasteiger partial charge is 0.0352 e. The summed E-state index contributed by atoms with van der Waals surface area (Å²) in [5, 5.41) is 5.22. The first kappa shape index (κ1) is 13.8. The lowest BCUT2D eigenvalue weighted by molar-refractivity contribution is 1.21. The Labute approximate surface area is 136 Å². The van der Waals surface area contributed by atoms with Crippen molar-refractivity contribution in [2.24, 2.45) is 0 Å². The second kappa shape index (κ2) is 5.44. The number of anilines is 1. The minimum Gasteiger partial charge on any atom is -0.398 e. The van der Waals surface area contributed by atoms with Crippen LogP contribution in [-0.2, 0) is 6.42 Å². The van der Waals surface area contributed by atoms with Gasteiger partial charge in [-0.05, 0) is 51.2 Å². The number of nitrogens with two attached hydrogens (primary N) is 1. The zero-order chi connectivity index (χ0) is 15.8. The molecule has 0 fully saturated rings. The third-order valence-electron chi connectivity index (χ3n) is 4.54. The van der Waals surface area contributed by atoms with Gasteiger partial charge in [-0.3, -0.25) is 0 Å². The van der Waals surface area contributed by atoms with Crippen molar-refractivity contribution in [1.29, 1.82) is 0 Å². The van der Waals surface area contributed by atoms with Crippen molar-refractivity contribution in [2.45, 2.75) is 13.3 Å². The van der Waals surface area contributed by atoms with Crippen LogP contribution < -0.4 is 5.73 Å². The van der Waals surface area contributed by atoms with E-state index in [0.717, 1.165) is 12.1 Å². The number of hydrogen-bond donors (Lipinski definition) is 1. The Hall–Kier alpha value is -2.80. The zero-order valence-corrected chi connectivity index (χ0v) is 13.2. The monoisotopic (exact) mass is 297 g/mol. The van der Waals surface area contributed by atoms with Crippen LogP contribution in [0.2, 0.25) is 0 Å². The quantitative estimate of drug-likeness (QED) is 0.385. The van der Waals surface area contributed by atoms with Crippen molar-refractivity contribution < 1.29 is 0 Å². The van der Waals surface area contributed by atoms with Gasteiger partial charge in [-0.2, -0.15) is 0 Å². The molecule has 4 aromatic rings. The molecule has 0 spiro atoms. The lowest BCUT2D eigenvalue weighted by atomic mass is 9.93. The van der Waals surface area contributed by atoms with Gasteiger partial charge < -0.3 is 5.73 Å². The Balaban J connectivity index is 1.94. The summed E-state index contributed by atoms with van der Waals surface area (Å²) in [4.78, 5) is 0. The highest BCUT2D eigenvalue weighted by Crippen LogP contribution is 2.31. The van der Waals surface area contributed by atoms with Gasteiger partial charge in [-0.25, -0.2) is 0 Å². The highest BCUT2D eigenvalue weighted by atomic mass is 14.6. The molecule has 0 unspecified atom stereocenters. The van der Waals surface area contributed by atoms with Crippen molar-refractivity contribution in [1.82, 2.24) is 0 Å². The van der Waals surface area contributed by atoms with E-state index in [0.29, 0.717) is 0 Å². The minimum absolute atomic E-state index is 0.859. The molecule has 0 saturated carbocycles. The molecular weight excluding hydrogens is 278 g/mol. The fourth-order valence-electron chi connectivity index (χ4n) is 3.36. The van der Waals surface area contributed by atoms with Crippen LogP contribution in [0.15, 0.2) is 72.8 Å². The number of fused-ring (bicyclic) bond motifs is 3. The normalized spacial score (nSPS) is 11.2. The molecule has 1 heteroatoms. The van der Waals surface area contributed by atoms with E-state index >= 15 is 0 Å². The van der Waals surface area contributed by atoms with Gasteiger partial charge in [0.25, 0.3) is 0 Å². The molecule has 0 aliphatic rings. The standard InChI is InChI=1S/C22H19N/c1-15-10-11-17(22(23)12-15)14-18-13-16-6-2-3-7-19(16)21-9-5-4-8-20(18)21/h2-13H,14,23H2,1H3. The molecule has 4 aromatic carbocycles. The van der Waals surface area contributed by atoms with E-state index in [1.54, 1.807) is 0 Å². The van der Waals surface area contributed by atoms with Gasteiger partial charge >= 0.3 is 0 Å². The molecule has 4 rings (SSSR count). The lowest BCUT2D eigenvalue weighted by Crippen LogP contribution is -1.97. The molecule has 0 heterocycles. The maximum absolute atomic E-state index is 6.23. The largest absolute Gasteiger partial charge is 0.398 e. The van der Waals surface area contributed by atoms with Crippen molar-refractivity contribution >= 4 is 27.2 Å². The number of benzene rings is 4. The van der Waals surface area contributed by atoms with Crippen molar-refractivity contribution in [3.8, 4) is 0 Å². The van der Waals surface area contributed by atoms with Crippen LogP contribution in [0.5, 0.6) is 0 Å². The maximum atomic E-state index is 6.23. The summed E-state index contributed by atoms with van der Waals surface area (Å²) in [7, 11) is 0.